The van der Waals surface area contributed by atoms with Crippen LogP contribution in [0.5, 0.6) is 0 Å². The lowest BCUT2D eigenvalue weighted by Gasteiger charge is -2.01. The summed E-state index contributed by atoms with van der Waals surface area (Å²) >= 11 is 3.95. The number of ether oxygens (including phenoxy) is 2. The lowest BCUT2D eigenvalue weighted by atomic mass is 10.3. The second kappa shape index (κ2) is 7.44. The van der Waals surface area contributed by atoms with Gasteiger partial charge in [-0.15, -0.1) is 12.6 Å². The number of hydrogen-bond donors (Lipinski definition) is 1. The van der Waals surface area contributed by atoms with Crippen molar-refractivity contribution in [3.63, 3.8) is 0 Å². The van der Waals surface area contributed by atoms with Gasteiger partial charge in [0, 0.05) is 6.08 Å². The zero-order chi connectivity index (χ0) is 11.0. The summed E-state index contributed by atoms with van der Waals surface area (Å²) in [6, 6.07) is 0. The molecule has 0 aliphatic heterocycles. The minimum atomic E-state index is -0.498. The molecule has 80 valence electrons. The summed E-state index contributed by atoms with van der Waals surface area (Å²) in [4.78, 5) is 22.2. The van der Waals surface area contributed by atoms with Crippen molar-refractivity contribution in [3.8, 4) is 0 Å². The summed E-state index contributed by atoms with van der Waals surface area (Å²) in [5.41, 5.74) is 0. The molecule has 0 unspecified atom stereocenters. The molecule has 0 aromatic carbocycles. The Morgan fingerprint density at radius 2 is 1.79 bits per heavy atom. The van der Waals surface area contributed by atoms with Crippen LogP contribution < -0.4 is 0 Å². The Bertz CT molecular complexity index is 235. The summed E-state index contributed by atoms with van der Waals surface area (Å²) in [6.45, 7) is 4.04. The summed E-state index contributed by atoms with van der Waals surface area (Å²) in [5, 5.41) is 0. The van der Waals surface area contributed by atoms with Crippen molar-refractivity contribution in [1.82, 2.24) is 0 Å². The van der Waals surface area contributed by atoms with Crippen LogP contribution in [0.2, 0.25) is 0 Å². The van der Waals surface area contributed by atoms with Gasteiger partial charge in [-0.25, -0.2) is 4.79 Å². The Morgan fingerprint density at radius 3 is 2.29 bits per heavy atom. The van der Waals surface area contributed by atoms with E-state index in [0.29, 0.717) is 18.1 Å². The molecular formula is C9H14O4S. The molecule has 0 aromatic rings. The van der Waals surface area contributed by atoms with Crippen molar-refractivity contribution >= 4 is 24.6 Å². The van der Waals surface area contributed by atoms with Crippen molar-refractivity contribution in [2.24, 2.45) is 0 Å². The highest BCUT2D eigenvalue weighted by atomic mass is 32.1. The van der Waals surface area contributed by atoms with Gasteiger partial charge in [-0.1, -0.05) is 0 Å². The third kappa shape index (κ3) is 6.54. The Labute approximate surface area is 88.7 Å². The van der Waals surface area contributed by atoms with Crippen LogP contribution in [0, 0.1) is 0 Å². The third-order valence-electron chi connectivity index (χ3n) is 1.20. The van der Waals surface area contributed by atoms with Gasteiger partial charge in [-0.2, -0.15) is 0 Å². The Hall–Kier alpha value is -0.970. The Morgan fingerprint density at radius 1 is 1.21 bits per heavy atom. The minimum absolute atomic E-state index is 0.00420. The Balaban J connectivity index is 3.99. The highest BCUT2D eigenvalue weighted by Gasteiger charge is 2.05. The third-order valence-corrected chi connectivity index (χ3v) is 1.49. The van der Waals surface area contributed by atoms with E-state index in [4.69, 9.17) is 0 Å². The van der Waals surface area contributed by atoms with Crippen LogP contribution in [0.4, 0.5) is 0 Å². The van der Waals surface area contributed by atoms with E-state index in [0.717, 1.165) is 0 Å². The first-order valence-electron chi connectivity index (χ1n) is 4.32. The van der Waals surface area contributed by atoms with Crippen molar-refractivity contribution in [2.45, 2.75) is 20.3 Å². The smallest absolute Gasteiger partial charge is 0.331 e. The van der Waals surface area contributed by atoms with E-state index >= 15 is 0 Å². The number of esters is 2. The quantitative estimate of drug-likeness (QED) is 0.429. The molecule has 0 rings (SSSR count). The molecule has 0 amide bonds. The maximum absolute atomic E-state index is 10.9. The molecule has 0 aromatic heterocycles. The molecule has 0 heterocycles. The monoisotopic (exact) mass is 218 g/mol. The highest BCUT2D eigenvalue weighted by Crippen LogP contribution is 2.07. The van der Waals surface area contributed by atoms with Gasteiger partial charge in [0.1, 0.15) is 0 Å². The predicted octanol–water partition coefficient (Wildman–Crippen LogP) is 1.32. The first-order valence-corrected chi connectivity index (χ1v) is 4.76. The Kier molecular flexibility index (Phi) is 6.92. The van der Waals surface area contributed by atoms with Crippen molar-refractivity contribution in [2.75, 3.05) is 13.2 Å². The first kappa shape index (κ1) is 13.0. The number of carbonyl (C=O) groups is 2. The molecule has 0 saturated carbocycles. The van der Waals surface area contributed by atoms with E-state index in [-0.39, 0.29) is 6.42 Å². The molecular weight excluding hydrogens is 204 g/mol. The zero-order valence-corrected chi connectivity index (χ0v) is 9.17. The van der Waals surface area contributed by atoms with Gasteiger partial charge in [-0.3, -0.25) is 4.79 Å². The van der Waals surface area contributed by atoms with E-state index in [9.17, 15) is 9.59 Å². The van der Waals surface area contributed by atoms with Crippen LogP contribution in [0.25, 0.3) is 0 Å². The molecule has 0 atom stereocenters. The molecule has 0 aliphatic carbocycles. The van der Waals surface area contributed by atoms with Crippen molar-refractivity contribution in [3.05, 3.63) is 11.0 Å². The van der Waals surface area contributed by atoms with Gasteiger partial charge in [-0.05, 0) is 18.8 Å². The highest BCUT2D eigenvalue weighted by molar-refractivity contribution is 7.84. The fraction of sp³-hybridized carbons (Fsp3) is 0.556. The topological polar surface area (TPSA) is 52.6 Å². The fourth-order valence-electron chi connectivity index (χ4n) is 0.731. The predicted molar refractivity (Wildman–Crippen MR) is 55.0 cm³/mol. The molecule has 5 heteroatoms. The summed E-state index contributed by atoms with van der Waals surface area (Å²) in [5.74, 6) is -0.903. The van der Waals surface area contributed by atoms with Crippen LogP contribution in [0.3, 0.4) is 0 Å². The van der Waals surface area contributed by atoms with Crippen LogP contribution in [-0.2, 0) is 19.1 Å². The lowest BCUT2D eigenvalue weighted by Crippen LogP contribution is -2.05. The average Bonchev–Trinajstić information content (AvgIpc) is 2.03. The number of rotatable bonds is 5. The van der Waals surface area contributed by atoms with Gasteiger partial charge in [0.15, 0.2) is 0 Å². The van der Waals surface area contributed by atoms with Gasteiger partial charge in [0.05, 0.1) is 19.6 Å². The number of hydrogen-bond acceptors (Lipinski definition) is 5. The molecule has 0 saturated heterocycles. The van der Waals surface area contributed by atoms with Crippen molar-refractivity contribution < 1.29 is 19.1 Å². The molecule has 0 radical (unpaired) electrons. The summed E-state index contributed by atoms with van der Waals surface area (Å²) < 4.78 is 9.31. The normalized spacial score (nSPS) is 10.9. The van der Waals surface area contributed by atoms with E-state index in [2.05, 4.69) is 22.1 Å². The van der Waals surface area contributed by atoms with Crippen LogP contribution in [0.15, 0.2) is 11.0 Å². The molecule has 0 bridgehead atoms. The maximum Gasteiger partial charge on any atom is 0.331 e. The van der Waals surface area contributed by atoms with Crippen LogP contribution in [0.1, 0.15) is 20.3 Å². The standard InChI is InChI=1S/C9H14O4S/c1-3-12-8(10)5-7(14)6-9(11)13-4-2/h5,14H,3-4,6H2,1-2H3. The van der Waals surface area contributed by atoms with E-state index in [1.807, 2.05) is 0 Å². The fourth-order valence-corrected chi connectivity index (χ4v) is 0.965. The van der Waals surface area contributed by atoms with Crippen molar-refractivity contribution in [1.29, 1.82) is 0 Å². The van der Waals surface area contributed by atoms with E-state index < -0.39 is 11.9 Å². The average molecular weight is 218 g/mol. The molecule has 0 fully saturated rings. The second-order valence-electron chi connectivity index (χ2n) is 2.37. The number of thiol groups is 1. The van der Waals surface area contributed by atoms with E-state index in [1.165, 1.54) is 6.08 Å². The van der Waals surface area contributed by atoms with Gasteiger partial charge in [0.25, 0.3) is 0 Å². The molecule has 14 heavy (non-hydrogen) atoms. The van der Waals surface area contributed by atoms with Gasteiger partial charge >= 0.3 is 11.9 Å². The zero-order valence-electron chi connectivity index (χ0n) is 8.28. The lowest BCUT2D eigenvalue weighted by molar-refractivity contribution is -0.142. The largest absolute Gasteiger partial charge is 0.466 e. The molecule has 0 spiro atoms. The van der Waals surface area contributed by atoms with Crippen LogP contribution >= 0.6 is 12.6 Å². The van der Waals surface area contributed by atoms with E-state index in [1.54, 1.807) is 13.8 Å². The van der Waals surface area contributed by atoms with Gasteiger partial charge in [0.2, 0.25) is 0 Å². The molecule has 0 aliphatic rings. The number of carbonyl (C=O) groups excluding carboxylic acids is 2. The molecule has 0 N–H and O–H groups in total. The molecule has 4 nitrogen and oxygen atoms in total. The van der Waals surface area contributed by atoms with Gasteiger partial charge < -0.3 is 9.47 Å². The maximum atomic E-state index is 10.9. The SMILES string of the molecule is CCOC(=O)C=C(S)CC(=O)OCC. The van der Waals surface area contributed by atoms with Crippen LogP contribution in [-0.4, -0.2) is 25.2 Å². The minimum Gasteiger partial charge on any atom is -0.466 e. The summed E-state index contributed by atoms with van der Waals surface area (Å²) in [6.07, 6.45) is 1.17. The second-order valence-corrected chi connectivity index (χ2v) is 2.94. The summed E-state index contributed by atoms with van der Waals surface area (Å²) in [7, 11) is 0. The first-order chi connectivity index (χ1) is 6.60.